The van der Waals surface area contributed by atoms with Crippen molar-refractivity contribution in [1.82, 2.24) is 19.9 Å². The van der Waals surface area contributed by atoms with Gasteiger partial charge in [-0.3, -0.25) is 4.79 Å². The van der Waals surface area contributed by atoms with Gasteiger partial charge in [-0.25, -0.2) is 4.98 Å². The molecule has 0 radical (unpaired) electrons. The Balaban J connectivity index is 0.000000276. The van der Waals surface area contributed by atoms with E-state index in [1.807, 2.05) is 94.5 Å². The van der Waals surface area contributed by atoms with Gasteiger partial charge in [0.2, 0.25) is 5.95 Å². The Kier molecular flexibility index (Phi) is 14.9. The summed E-state index contributed by atoms with van der Waals surface area (Å²) in [5.74, 6) is 1.89. The van der Waals surface area contributed by atoms with Crippen LogP contribution in [0.15, 0.2) is 79.5 Å². The second-order valence-electron chi connectivity index (χ2n) is 10.4. The van der Waals surface area contributed by atoms with E-state index in [4.69, 9.17) is 5.73 Å². The van der Waals surface area contributed by atoms with Gasteiger partial charge in [0.25, 0.3) is 5.91 Å². The zero-order valence-electron chi connectivity index (χ0n) is 26.4. The van der Waals surface area contributed by atoms with Crippen molar-refractivity contribution in [3.05, 3.63) is 96.3 Å². The average Bonchev–Trinajstić information content (AvgIpc) is 3.38. The topological polar surface area (TPSA) is 89.1 Å². The minimum absolute atomic E-state index is 0.0606. The smallest absolute Gasteiger partial charge is 0.252 e. The molecule has 7 heteroatoms. The van der Waals surface area contributed by atoms with Gasteiger partial charge in [-0.05, 0) is 56.4 Å². The van der Waals surface area contributed by atoms with Crippen LogP contribution in [0.1, 0.15) is 74.5 Å². The van der Waals surface area contributed by atoms with Gasteiger partial charge < -0.3 is 20.5 Å². The van der Waals surface area contributed by atoms with E-state index in [2.05, 4.69) is 45.5 Å². The molecule has 0 atom stereocenters. The third-order valence-corrected chi connectivity index (χ3v) is 6.87. The minimum Gasteiger partial charge on any atom is -0.368 e. The van der Waals surface area contributed by atoms with Crippen molar-refractivity contribution in [2.75, 3.05) is 31.3 Å². The standard InChI is InChI=1S/C20H26N2O.C10H12N4.C3H6.C2H6/c1-16-12-19(15-22(16)14-18-10-6-3-7-11-18)20(23)21-13-17-8-4-2-5-9-17;1-14(2)9-7-5-3-4-6-8(7)12-10(11)13-9;1-3-2;1-2/h3,6-7,10-12,15,17H,2,4-5,8-9,13-14H2,1H3,(H,21,23);3-6H,1-2H3,(H2,11,12,13);3H,1H2,2H3;1-2H3. The number of aromatic nitrogens is 3. The molecule has 0 aliphatic heterocycles. The highest BCUT2D eigenvalue weighted by atomic mass is 16.1. The Morgan fingerprint density at radius 2 is 1.67 bits per heavy atom. The van der Waals surface area contributed by atoms with Crippen LogP contribution >= 0.6 is 0 Å². The maximum absolute atomic E-state index is 12.4. The van der Waals surface area contributed by atoms with Crippen molar-refractivity contribution in [3.8, 4) is 0 Å². The third-order valence-electron chi connectivity index (χ3n) is 6.87. The lowest BCUT2D eigenvalue weighted by atomic mass is 9.89. The minimum atomic E-state index is 0.0606. The highest BCUT2D eigenvalue weighted by Crippen LogP contribution is 2.23. The van der Waals surface area contributed by atoms with Crippen LogP contribution in [0.5, 0.6) is 0 Å². The van der Waals surface area contributed by atoms with Gasteiger partial charge in [-0.1, -0.05) is 81.7 Å². The second-order valence-corrected chi connectivity index (χ2v) is 10.4. The van der Waals surface area contributed by atoms with Gasteiger partial charge in [0.1, 0.15) is 5.82 Å². The highest BCUT2D eigenvalue weighted by Gasteiger charge is 2.16. The van der Waals surface area contributed by atoms with Crippen molar-refractivity contribution in [3.63, 3.8) is 0 Å². The average molecular weight is 571 g/mol. The molecule has 0 spiro atoms. The lowest BCUT2D eigenvalue weighted by Gasteiger charge is -2.21. The second kappa shape index (κ2) is 18.3. The summed E-state index contributed by atoms with van der Waals surface area (Å²) >= 11 is 0. The maximum Gasteiger partial charge on any atom is 0.252 e. The first kappa shape index (κ1) is 34.1. The predicted octanol–water partition coefficient (Wildman–Crippen LogP) is 7.65. The van der Waals surface area contributed by atoms with E-state index in [-0.39, 0.29) is 5.91 Å². The zero-order valence-corrected chi connectivity index (χ0v) is 26.4. The fourth-order valence-electron chi connectivity index (χ4n) is 4.84. The monoisotopic (exact) mass is 570 g/mol. The van der Waals surface area contributed by atoms with Crippen LogP contribution in [-0.2, 0) is 6.54 Å². The Bertz CT molecular complexity index is 1360. The van der Waals surface area contributed by atoms with Crippen LogP contribution in [-0.4, -0.2) is 41.1 Å². The molecule has 2 heterocycles. The number of nitrogens with one attached hydrogen (secondary N) is 1. The number of carbonyl (C=O) groups is 1. The van der Waals surface area contributed by atoms with Crippen molar-refractivity contribution in [1.29, 1.82) is 0 Å². The first-order chi connectivity index (χ1) is 20.3. The summed E-state index contributed by atoms with van der Waals surface area (Å²) < 4.78 is 2.14. The quantitative estimate of drug-likeness (QED) is 0.232. The fraction of sp³-hybridized carbons (Fsp3) is 0.400. The fourth-order valence-corrected chi connectivity index (χ4v) is 4.84. The summed E-state index contributed by atoms with van der Waals surface area (Å²) in [6.45, 7) is 12.9. The molecular formula is C35H50N6O. The van der Waals surface area contributed by atoms with Crippen molar-refractivity contribution < 1.29 is 4.79 Å². The molecule has 2 aromatic heterocycles. The van der Waals surface area contributed by atoms with Gasteiger partial charge in [-0.2, -0.15) is 4.98 Å². The summed E-state index contributed by atoms with van der Waals surface area (Å²) in [5, 5.41) is 4.14. The number of hydrogen-bond acceptors (Lipinski definition) is 5. The molecule has 3 N–H and O–H groups in total. The van der Waals surface area contributed by atoms with Crippen LogP contribution in [0, 0.1) is 12.8 Å². The molecule has 226 valence electrons. The largest absolute Gasteiger partial charge is 0.368 e. The number of nitrogens with zero attached hydrogens (tertiary/aromatic N) is 4. The van der Waals surface area contributed by atoms with E-state index in [9.17, 15) is 4.79 Å². The SMILES string of the molecule is C=CC.CC.CN(C)c1nc(N)nc2ccccc12.Cc1cc(C(=O)NCC2CCCCC2)cn1Cc1ccccc1. The number of nitrogen functional groups attached to an aromatic ring is 1. The number of aryl methyl sites for hydroxylation is 1. The normalized spacial score (nSPS) is 12.4. The molecule has 1 amide bonds. The highest BCUT2D eigenvalue weighted by molar-refractivity contribution is 5.94. The third kappa shape index (κ3) is 10.7. The van der Waals surface area contributed by atoms with E-state index in [1.54, 1.807) is 6.08 Å². The number of anilines is 2. The van der Waals surface area contributed by atoms with Crippen LogP contribution in [0.3, 0.4) is 0 Å². The lowest BCUT2D eigenvalue weighted by molar-refractivity contribution is 0.0943. The molecule has 4 aromatic rings. The Labute approximate surface area is 252 Å². The van der Waals surface area contributed by atoms with Crippen LogP contribution in [0.2, 0.25) is 0 Å². The van der Waals surface area contributed by atoms with Crippen molar-refractivity contribution in [2.24, 2.45) is 5.92 Å². The maximum atomic E-state index is 12.4. The zero-order chi connectivity index (χ0) is 30.9. The summed E-state index contributed by atoms with van der Waals surface area (Å²) in [4.78, 5) is 22.7. The lowest BCUT2D eigenvalue weighted by Crippen LogP contribution is -2.30. The Morgan fingerprint density at radius 1 is 1.05 bits per heavy atom. The van der Waals surface area contributed by atoms with E-state index in [0.29, 0.717) is 11.9 Å². The van der Waals surface area contributed by atoms with Crippen molar-refractivity contribution >= 4 is 28.6 Å². The molecule has 0 unspecified atom stereocenters. The molecule has 5 rings (SSSR count). The molecule has 1 saturated carbocycles. The molecule has 7 nitrogen and oxygen atoms in total. The van der Waals surface area contributed by atoms with Crippen LogP contribution in [0.25, 0.3) is 10.9 Å². The first-order valence-electron chi connectivity index (χ1n) is 15.1. The molecule has 2 aromatic carbocycles. The molecule has 1 aliphatic carbocycles. The number of para-hydroxylation sites is 1. The van der Waals surface area contributed by atoms with Crippen LogP contribution < -0.4 is 16.0 Å². The number of allylic oxidation sites excluding steroid dienone is 1. The number of amides is 1. The summed E-state index contributed by atoms with van der Waals surface area (Å²) in [6.07, 6.45) is 10.2. The van der Waals surface area contributed by atoms with Gasteiger partial charge in [-0.15, -0.1) is 6.58 Å². The summed E-state index contributed by atoms with van der Waals surface area (Å²) in [5.41, 5.74) is 9.64. The number of fused-ring (bicyclic) bond motifs is 1. The molecule has 0 saturated heterocycles. The first-order valence-corrected chi connectivity index (χ1v) is 15.1. The van der Waals surface area contributed by atoms with E-state index < -0.39 is 0 Å². The van der Waals surface area contributed by atoms with E-state index >= 15 is 0 Å². The van der Waals surface area contributed by atoms with Gasteiger partial charge in [0.05, 0.1) is 11.1 Å². The number of rotatable bonds is 6. The molecular weight excluding hydrogens is 520 g/mol. The van der Waals surface area contributed by atoms with Crippen LogP contribution in [0.4, 0.5) is 11.8 Å². The molecule has 1 aliphatic rings. The molecule has 42 heavy (non-hydrogen) atoms. The summed E-state index contributed by atoms with van der Waals surface area (Å²) in [7, 11) is 3.88. The molecule has 0 bridgehead atoms. The van der Waals surface area contributed by atoms with Gasteiger partial charge in [0.15, 0.2) is 0 Å². The molecule has 1 fully saturated rings. The predicted molar refractivity (Wildman–Crippen MR) is 179 cm³/mol. The number of nitrogens with two attached hydrogens (primary N) is 1. The summed E-state index contributed by atoms with van der Waals surface area (Å²) in [6, 6.07) is 20.2. The number of benzene rings is 2. The number of hydrogen-bond donors (Lipinski definition) is 2. The van der Waals surface area contributed by atoms with Gasteiger partial charge in [0, 0.05) is 44.5 Å². The van der Waals surface area contributed by atoms with E-state index in [1.165, 1.54) is 37.7 Å². The Morgan fingerprint density at radius 3 is 2.31 bits per heavy atom. The van der Waals surface area contributed by atoms with E-state index in [0.717, 1.165) is 41.1 Å². The number of carbonyl (C=O) groups excluding carboxylic acids is 1. The van der Waals surface area contributed by atoms with Crippen molar-refractivity contribution in [2.45, 2.75) is 66.3 Å². The Hall–Kier alpha value is -4.13. The van der Waals surface area contributed by atoms with Gasteiger partial charge >= 0.3 is 0 Å².